The van der Waals surface area contributed by atoms with Crippen LogP contribution < -0.4 is 10.6 Å². The number of carbonyl (C=O) groups excluding carboxylic acids is 1. The van der Waals surface area contributed by atoms with E-state index >= 15 is 0 Å². The molecule has 0 heterocycles. The van der Waals surface area contributed by atoms with Crippen molar-refractivity contribution in [2.75, 3.05) is 33.0 Å². The molecule has 4 heteroatoms. The third-order valence-electron chi connectivity index (χ3n) is 4.50. The standard InChI is InChI=1S/C16H25N3O/c1-17-14-8-6-13(7-9-14)15(20)18-12-16(19(2)3)10-4-5-11-16/h6-9,17H,4-5,10-12H2,1-3H3,(H,18,20). The zero-order valence-electron chi connectivity index (χ0n) is 12.7. The van der Waals surface area contributed by atoms with Crippen molar-refractivity contribution in [1.82, 2.24) is 10.2 Å². The number of carbonyl (C=O) groups is 1. The van der Waals surface area contributed by atoms with Crippen LogP contribution in [0.4, 0.5) is 5.69 Å². The Kier molecular flexibility index (Phi) is 4.65. The average molecular weight is 275 g/mol. The van der Waals surface area contributed by atoms with Gasteiger partial charge in [-0.1, -0.05) is 12.8 Å². The van der Waals surface area contributed by atoms with E-state index in [9.17, 15) is 4.79 Å². The molecule has 1 aromatic rings. The van der Waals surface area contributed by atoms with Gasteiger partial charge in [0.2, 0.25) is 0 Å². The van der Waals surface area contributed by atoms with Crippen molar-refractivity contribution in [1.29, 1.82) is 0 Å². The minimum atomic E-state index is 0.0146. The van der Waals surface area contributed by atoms with Gasteiger partial charge < -0.3 is 15.5 Å². The Morgan fingerprint density at radius 2 is 1.80 bits per heavy atom. The molecule has 0 aliphatic heterocycles. The molecule has 2 N–H and O–H groups in total. The summed E-state index contributed by atoms with van der Waals surface area (Å²) in [6.45, 7) is 0.729. The van der Waals surface area contributed by atoms with Crippen molar-refractivity contribution in [2.45, 2.75) is 31.2 Å². The number of hydrogen-bond acceptors (Lipinski definition) is 3. The Morgan fingerprint density at radius 1 is 1.20 bits per heavy atom. The fourth-order valence-corrected chi connectivity index (χ4v) is 2.95. The summed E-state index contributed by atoms with van der Waals surface area (Å²) in [5.41, 5.74) is 1.87. The van der Waals surface area contributed by atoms with Crippen LogP contribution in [0.3, 0.4) is 0 Å². The maximum atomic E-state index is 12.2. The molecule has 0 aromatic heterocycles. The second-order valence-corrected chi connectivity index (χ2v) is 5.84. The Hall–Kier alpha value is -1.55. The van der Waals surface area contributed by atoms with Crippen LogP contribution >= 0.6 is 0 Å². The van der Waals surface area contributed by atoms with Crippen molar-refractivity contribution in [3.63, 3.8) is 0 Å². The van der Waals surface area contributed by atoms with Crippen molar-refractivity contribution < 1.29 is 4.79 Å². The lowest BCUT2D eigenvalue weighted by Gasteiger charge is -2.36. The van der Waals surface area contributed by atoms with E-state index in [2.05, 4.69) is 29.6 Å². The fraction of sp³-hybridized carbons (Fsp3) is 0.562. The van der Waals surface area contributed by atoms with Gasteiger partial charge in [-0.15, -0.1) is 0 Å². The molecule has 0 unspecified atom stereocenters. The highest BCUT2D eigenvalue weighted by atomic mass is 16.1. The molecule has 0 atom stereocenters. The highest BCUT2D eigenvalue weighted by Crippen LogP contribution is 2.33. The first-order valence-electron chi connectivity index (χ1n) is 7.31. The van der Waals surface area contributed by atoms with E-state index < -0.39 is 0 Å². The molecule has 20 heavy (non-hydrogen) atoms. The Bertz CT molecular complexity index is 447. The first-order valence-corrected chi connectivity index (χ1v) is 7.31. The molecule has 4 nitrogen and oxygen atoms in total. The first kappa shape index (κ1) is 14.9. The van der Waals surface area contributed by atoms with Gasteiger partial charge in [-0.05, 0) is 51.2 Å². The van der Waals surface area contributed by atoms with Crippen LogP contribution in [0.5, 0.6) is 0 Å². The quantitative estimate of drug-likeness (QED) is 0.867. The summed E-state index contributed by atoms with van der Waals surface area (Å²) in [5.74, 6) is 0.0146. The lowest BCUT2D eigenvalue weighted by molar-refractivity contribution is 0.0900. The van der Waals surface area contributed by atoms with Crippen molar-refractivity contribution in [3.8, 4) is 0 Å². The third-order valence-corrected chi connectivity index (χ3v) is 4.50. The van der Waals surface area contributed by atoms with Gasteiger partial charge in [-0.3, -0.25) is 4.79 Å². The van der Waals surface area contributed by atoms with Crippen LogP contribution in [0.15, 0.2) is 24.3 Å². The number of hydrogen-bond donors (Lipinski definition) is 2. The molecule has 1 saturated carbocycles. The molecule has 1 amide bonds. The Labute approximate surface area is 121 Å². The summed E-state index contributed by atoms with van der Waals surface area (Å²) >= 11 is 0. The molecule has 1 aliphatic carbocycles. The maximum Gasteiger partial charge on any atom is 0.251 e. The smallest absolute Gasteiger partial charge is 0.251 e. The molecule has 1 aromatic carbocycles. The highest BCUT2D eigenvalue weighted by Gasteiger charge is 2.36. The van der Waals surface area contributed by atoms with E-state index in [1.165, 1.54) is 25.7 Å². The number of nitrogens with zero attached hydrogens (tertiary/aromatic N) is 1. The zero-order valence-corrected chi connectivity index (χ0v) is 12.7. The lowest BCUT2D eigenvalue weighted by atomic mass is 9.96. The topological polar surface area (TPSA) is 44.4 Å². The molecule has 1 aliphatic rings. The molecule has 0 radical (unpaired) electrons. The summed E-state index contributed by atoms with van der Waals surface area (Å²) < 4.78 is 0. The second kappa shape index (κ2) is 6.27. The normalized spacial score (nSPS) is 17.2. The van der Waals surface area contributed by atoms with Crippen LogP contribution in [0.1, 0.15) is 36.0 Å². The molecule has 2 rings (SSSR count). The third kappa shape index (κ3) is 3.12. The first-order chi connectivity index (χ1) is 9.57. The summed E-state index contributed by atoms with van der Waals surface area (Å²) in [6.07, 6.45) is 4.84. The van der Waals surface area contributed by atoms with Crippen LogP contribution in [0.25, 0.3) is 0 Å². The zero-order chi connectivity index (χ0) is 14.6. The minimum Gasteiger partial charge on any atom is -0.388 e. The van der Waals surface area contributed by atoms with Crippen molar-refractivity contribution >= 4 is 11.6 Å². The molecular formula is C16H25N3O. The highest BCUT2D eigenvalue weighted by molar-refractivity contribution is 5.94. The monoisotopic (exact) mass is 275 g/mol. The van der Waals surface area contributed by atoms with E-state index in [0.717, 1.165) is 17.8 Å². The number of nitrogens with one attached hydrogen (secondary N) is 2. The van der Waals surface area contributed by atoms with Crippen molar-refractivity contribution in [2.24, 2.45) is 0 Å². The number of likely N-dealkylation sites (N-methyl/N-ethyl adjacent to an activating group) is 1. The van der Waals surface area contributed by atoms with Gasteiger partial charge in [0.1, 0.15) is 0 Å². The number of anilines is 1. The van der Waals surface area contributed by atoms with Crippen LogP contribution in [0, 0.1) is 0 Å². The van der Waals surface area contributed by atoms with Crippen LogP contribution in [-0.4, -0.2) is 44.0 Å². The minimum absolute atomic E-state index is 0.0146. The molecule has 110 valence electrons. The van der Waals surface area contributed by atoms with Gasteiger partial charge in [-0.25, -0.2) is 0 Å². The van der Waals surface area contributed by atoms with Gasteiger partial charge >= 0.3 is 0 Å². The SMILES string of the molecule is CNc1ccc(C(=O)NCC2(N(C)C)CCCC2)cc1. The average Bonchev–Trinajstić information content (AvgIpc) is 2.95. The molecule has 1 fully saturated rings. The lowest BCUT2D eigenvalue weighted by Crippen LogP contribution is -2.50. The summed E-state index contributed by atoms with van der Waals surface area (Å²) in [7, 11) is 6.09. The van der Waals surface area contributed by atoms with E-state index in [-0.39, 0.29) is 11.4 Å². The largest absolute Gasteiger partial charge is 0.388 e. The van der Waals surface area contributed by atoms with E-state index in [1.54, 1.807) is 0 Å². The van der Waals surface area contributed by atoms with Crippen LogP contribution in [-0.2, 0) is 0 Å². The predicted octanol–water partition coefficient (Wildman–Crippen LogP) is 2.33. The summed E-state index contributed by atoms with van der Waals surface area (Å²) in [6, 6.07) is 7.56. The van der Waals surface area contributed by atoms with E-state index in [4.69, 9.17) is 0 Å². The summed E-state index contributed by atoms with van der Waals surface area (Å²) in [5, 5.41) is 6.15. The number of benzene rings is 1. The molecule has 0 spiro atoms. The summed E-state index contributed by atoms with van der Waals surface area (Å²) in [4.78, 5) is 14.5. The fourth-order valence-electron chi connectivity index (χ4n) is 2.95. The van der Waals surface area contributed by atoms with Gasteiger partial charge in [0, 0.05) is 30.4 Å². The number of rotatable bonds is 5. The van der Waals surface area contributed by atoms with Gasteiger partial charge in [0.05, 0.1) is 0 Å². The van der Waals surface area contributed by atoms with Crippen LogP contribution in [0.2, 0.25) is 0 Å². The van der Waals surface area contributed by atoms with E-state index in [0.29, 0.717) is 0 Å². The Balaban J connectivity index is 1.97. The molecule has 0 saturated heterocycles. The van der Waals surface area contributed by atoms with Gasteiger partial charge in [0.25, 0.3) is 5.91 Å². The second-order valence-electron chi connectivity index (χ2n) is 5.84. The van der Waals surface area contributed by atoms with Gasteiger partial charge in [0.15, 0.2) is 0 Å². The molecular weight excluding hydrogens is 250 g/mol. The molecule has 0 bridgehead atoms. The number of amides is 1. The van der Waals surface area contributed by atoms with E-state index in [1.807, 2.05) is 31.3 Å². The maximum absolute atomic E-state index is 12.2. The van der Waals surface area contributed by atoms with Gasteiger partial charge in [-0.2, -0.15) is 0 Å². The Morgan fingerprint density at radius 3 is 2.30 bits per heavy atom. The van der Waals surface area contributed by atoms with Crippen molar-refractivity contribution in [3.05, 3.63) is 29.8 Å². The predicted molar refractivity (Wildman–Crippen MR) is 83.2 cm³/mol.